The monoisotopic (exact) mass is 410 g/mol. The summed E-state index contributed by atoms with van der Waals surface area (Å²) in [6.45, 7) is 12.0. The van der Waals surface area contributed by atoms with Gasteiger partial charge in [0.15, 0.2) is 6.61 Å². The van der Waals surface area contributed by atoms with Crippen molar-refractivity contribution in [3.63, 3.8) is 0 Å². The van der Waals surface area contributed by atoms with Crippen LogP contribution in [0.15, 0.2) is 42.5 Å². The second kappa shape index (κ2) is 10.8. The van der Waals surface area contributed by atoms with Crippen molar-refractivity contribution in [2.75, 3.05) is 6.61 Å². The van der Waals surface area contributed by atoms with Crippen molar-refractivity contribution in [2.24, 2.45) is 0 Å². The summed E-state index contributed by atoms with van der Waals surface area (Å²) in [5.41, 5.74) is 4.25. The second-order valence-corrected chi connectivity index (χ2v) is 7.99. The molecule has 2 aromatic carbocycles. The van der Waals surface area contributed by atoms with Crippen molar-refractivity contribution in [1.82, 2.24) is 10.2 Å². The maximum absolute atomic E-state index is 13.1. The molecule has 5 heteroatoms. The van der Waals surface area contributed by atoms with Crippen molar-refractivity contribution in [3.05, 3.63) is 64.7 Å². The number of hydrogen-bond donors (Lipinski definition) is 1. The largest absolute Gasteiger partial charge is 0.483 e. The van der Waals surface area contributed by atoms with Gasteiger partial charge in [0.25, 0.3) is 5.91 Å². The van der Waals surface area contributed by atoms with Crippen LogP contribution < -0.4 is 10.1 Å². The molecule has 1 N–H and O–H groups in total. The molecule has 30 heavy (non-hydrogen) atoms. The maximum Gasteiger partial charge on any atom is 0.261 e. The third kappa shape index (κ3) is 6.34. The highest BCUT2D eigenvalue weighted by Gasteiger charge is 2.27. The first-order valence-corrected chi connectivity index (χ1v) is 10.6. The minimum atomic E-state index is -0.602. The molecule has 2 atom stereocenters. The first-order valence-electron chi connectivity index (χ1n) is 10.6. The lowest BCUT2D eigenvalue weighted by Gasteiger charge is -2.29. The number of nitrogens with zero attached hydrogens (tertiary/aromatic N) is 1. The summed E-state index contributed by atoms with van der Waals surface area (Å²) in [5.74, 6) is 0.315. The quantitative estimate of drug-likeness (QED) is 0.670. The van der Waals surface area contributed by atoms with Crippen LogP contribution in [0.3, 0.4) is 0 Å². The Hall–Kier alpha value is -2.82. The fourth-order valence-corrected chi connectivity index (χ4v) is 3.04. The lowest BCUT2D eigenvalue weighted by molar-refractivity contribution is -0.142. The van der Waals surface area contributed by atoms with Crippen molar-refractivity contribution < 1.29 is 14.3 Å². The SMILES string of the molecule is CC[C@@H](C)NC(=O)[C@H](C)N(Cc1ccc(C)cc1)C(=O)COc1cccc(C)c1C. The van der Waals surface area contributed by atoms with E-state index in [9.17, 15) is 9.59 Å². The van der Waals surface area contributed by atoms with Crippen molar-refractivity contribution >= 4 is 11.8 Å². The summed E-state index contributed by atoms with van der Waals surface area (Å²) in [5, 5.41) is 2.98. The average Bonchev–Trinajstić information content (AvgIpc) is 2.73. The zero-order chi connectivity index (χ0) is 22.3. The van der Waals surface area contributed by atoms with E-state index < -0.39 is 6.04 Å². The first-order chi connectivity index (χ1) is 14.2. The minimum absolute atomic E-state index is 0.0578. The number of ether oxygens (including phenoxy) is 1. The fraction of sp³-hybridized carbons (Fsp3) is 0.440. The van der Waals surface area contributed by atoms with Crippen LogP contribution in [0.25, 0.3) is 0 Å². The summed E-state index contributed by atoms with van der Waals surface area (Å²) in [6.07, 6.45) is 0.833. The smallest absolute Gasteiger partial charge is 0.261 e. The normalized spacial score (nSPS) is 12.7. The van der Waals surface area contributed by atoms with Crippen LogP contribution in [0, 0.1) is 20.8 Å². The van der Waals surface area contributed by atoms with Gasteiger partial charge in [0.2, 0.25) is 5.91 Å². The third-order valence-electron chi connectivity index (χ3n) is 5.55. The number of aryl methyl sites for hydroxylation is 2. The van der Waals surface area contributed by atoms with Gasteiger partial charge in [-0.2, -0.15) is 0 Å². The molecule has 0 aliphatic carbocycles. The molecule has 2 aromatic rings. The van der Waals surface area contributed by atoms with Gasteiger partial charge in [0, 0.05) is 12.6 Å². The molecule has 162 valence electrons. The number of carbonyl (C=O) groups excluding carboxylic acids is 2. The molecule has 0 saturated carbocycles. The van der Waals surface area contributed by atoms with E-state index in [-0.39, 0.29) is 24.5 Å². The zero-order valence-electron chi connectivity index (χ0n) is 19.0. The minimum Gasteiger partial charge on any atom is -0.483 e. The topological polar surface area (TPSA) is 58.6 Å². The van der Waals surface area contributed by atoms with Crippen molar-refractivity contribution in [2.45, 2.75) is 66.6 Å². The number of amides is 2. The van der Waals surface area contributed by atoms with Crippen molar-refractivity contribution in [1.29, 1.82) is 0 Å². The maximum atomic E-state index is 13.1. The van der Waals surface area contributed by atoms with Gasteiger partial charge in [0.1, 0.15) is 11.8 Å². The highest BCUT2D eigenvalue weighted by Crippen LogP contribution is 2.21. The summed E-state index contributed by atoms with van der Waals surface area (Å²) >= 11 is 0. The van der Waals surface area contributed by atoms with E-state index in [1.807, 2.05) is 77.1 Å². The molecule has 0 aliphatic heterocycles. The Morgan fingerprint density at radius 2 is 1.70 bits per heavy atom. The third-order valence-corrected chi connectivity index (χ3v) is 5.55. The van der Waals surface area contributed by atoms with E-state index in [0.717, 1.165) is 28.7 Å². The predicted octanol–water partition coefficient (Wildman–Crippen LogP) is 4.32. The van der Waals surface area contributed by atoms with E-state index in [1.165, 1.54) is 0 Å². The second-order valence-electron chi connectivity index (χ2n) is 7.99. The first kappa shape index (κ1) is 23.5. The van der Waals surface area contributed by atoms with Gasteiger partial charge in [-0.05, 0) is 63.8 Å². The van der Waals surface area contributed by atoms with Gasteiger partial charge in [-0.15, -0.1) is 0 Å². The molecule has 0 heterocycles. The van der Waals surface area contributed by atoms with Crippen LogP contribution in [0.1, 0.15) is 49.4 Å². The molecular weight excluding hydrogens is 376 g/mol. The molecule has 2 amide bonds. The van der Waals surface area contributed by atoms with Gasteiger partial charge in [-0.3, -0.25) is 9.59 Å². The van der Waals surface area contributed by atoms with E-state index in [0.29, 0.717) is 12.3 Å². The Morgan fingerprint density at radius 1 is 1.03 bits per heavy atom. The Balaban J connectivity index is 2.17. The highest BCUT2D eigenvalue weighted by atomic mass is 16.5. The number of rotatable bonds is 9. The number of benzene rings is 2. The van der Waals surface area contributed by atoms with Gasteiger partial charge >= 0.3 is 0 Å². The predicted molar refractivity (Wildman–Crippen MR) is 120 cm³/mol. The molecule has 0 fully saturated rings. The summed E-state index contributed by atoms with van der Waals surface area (Å²) in [7, 11) is 0. The molecule has 0 saturated heterocycles. The van der Waals surface area contributed by atoms with Crippen LogP contribution in [0.2, 0.25) is 0 Å². The molecule has 2 rings (SSSR count). The molecule has 0 spiro atoms. The highest BCUT2D eigenvalue weighted by molar-refractivity contribution is 5.88. The molecule has 0 aliphatic rings. The zero-order valence-corrected chi connectivity index (χ0v) is 19.0. The number of hydrogen-bond acceptors (Lipinski definition) is 3. The standard InChI is InChI=1S/C25H34N2O3/c1-7-19(4)26-25(29)21(6)27(15-22-13-11-17(2)12-14-22)24(28)16-30-23-10-8-9-18(3)20(23)5/h8-14,19,21H,7,15-16H2,1-6H3,(H,26,29)/t19-,21+/m1/s1. The van der Waals surface area contributed by atoms with E-state index >= 15 is 0 Å². The lowest BCUT2D eigenvalue weighted by atomic mass is 10.1. The van der Waals surface area contributed by atoms with Crippen LogP contribution >= 0.6 is 0 Å². The summed E-state index contributed by atoms with van der Waals surface area (Å²) < 4.78 is 5.83. The van der Waals surface area contributed by atoms with Crippen LogP contribution in [-0.2, 0) is 16.1 Å². The van der Waals surface area contributed by atoms with Gasteiger partial charge in [-0.1, -0.05) is 48.9 Å². The van der Waals surface area contributed by atoms with E-state index in [2.05, 4.69) is 5.32 Å². The van der Waals surface area contributed by atoms with Gasteiger partial charge in [0.05, 0.1) is 0 Å². The van der Waals surface area contributed by atoms with Crippen LogP contribution in [-0.4, -0.2) is 35.4 Å². The van der Waals surface area contributed by atoms with Gasteiger partial charge in [-0.25, -0.2) is 0 Å². The molecule has 0 radical (unpaired) electrons. The van der Waals surface area contributed by atoms with Gasteiger partial charge < -0.3 is 15.0 Å². The molecule has 5 nitrogen and oxygen atoms in total. The molecule has 0 aromatic heterocycles. The Labute approximate surface area is 180 Å². The summed E-state index contributed by atoms with van der Waals surface area (Å²) in [6, 6.07) is 13.2. The number of nitrogens with one attached hydrogen (secondary N) is 1. The fourth-order valence-electron chi connectivity index (χ4n) is 3.04. The molecule has 0 bridgehead atoms. The average molecular weight is 411 g/mol. The lowest BCUT2D eigenvalue weighted by Crippen LogP contribution is -2.50. The number of carbonyl (C=O) groups is 2. The Bertz CT molecular complexity index is 861. The molecular formula is C25H34N2O3. The van der Waals surface area contributed by atoms with Crippen molar-refractivity contribution in [3.8, 4) is 5.75 Å². The molecule has 0 unspecified atom stereocenters. The van der Waals surface area contributed by atoms with Crippen LogP contribution in [0.4, 0.5) is 0 Å². The van der Waals surface area contributed by atoms with Crippen LogP contribution in [0.5, 0.6) is 5.75 Å². The summed E-state index contributed by atoms with van der Waals surface area (Å²) in [4.78, 5) is 27.4. The van der Waals surface area contributed by atoms with E-state index in [1.54, 1.807) is 11.8 Å². The Kier molecular flexibility index (Phi) is 8.46. The van der Waals surface area contributed by atoms with E-state index in [4.69, 9.17) is 4.74 Å². The Morgan fingerprint density at radius 3 is 2.33 bits per heavy atom.